The van der Waals surface area contributed by atoms with Gasteiger partial charge in [-0.25, -0.2) is 0 Å². The molecule has 0 amide bonds. The third-order valence-corrected chi connectivity index (χ3v) is 2.50. The van der Waals surface area contributed by atoms with Crippen molar-refractivity contribution in [2.24, 2.45) is 0 Å². The van der Waals surface area contributed by atoms with Crippen molar-refractivity contribution in [3.63, 3.8) is 0 Å². The quantitative estimate of drug-likeness (QED) is 0.727. The Bertz CT molecular complexity index is 371. The zero-order valence-electron chi connectivity index (χ0n) is 8.42. The molecule has 1 N–H and O–H groups in total. The monoisotopic (exact) mass is 224 g/mol. The van der Waals surface area contributed by atoms with Crippen molar-refractivity contribution >= 4 is 11.6 Å². The van der Waals surface area contributed by atoms with E-state index in [1.165, 1.54) is 0 Å². The van der Waals surface area contributed by atoms with E-state index in [9.17, 15) is 0 Å². The van der Waals surface area contributed by atoms with Crippen LogP contribution in [0.3, 0.4) is 0 Å². The van der Waals surface area contributed by atoms with Crippen molar-refractivity contribution < 1.29 is 4.42 Å². The maximum atomic E-state index is 5.63. The minimum absolute atomic E-state index is 0.390. The minimum Gasteiger partial charge on any atom is -0.436 e. The molecule has 0 aromatic carbocycles. The van der Waals surface area contributed by atoms with E-state index in [2.05, 4.69) is 22.1 Å². The number of piperazine rings is 1. The fraction of sp³-hybridized carbons (Fsp3) is 0.455. The van der Waals surface area contributed by atoms with E-state index in [0.29, 0.717) is 11.0 Å². The summed E-state index contributed by atoms with van der Waals surface area (Å²) in [4.78, 5) is 2.31. The maximum absolute atomic E-state index is 5.63. The Labute approximate surface area is 94.4 Å². The third-order valence-electron chi connectivity index (χ3n) is 2.30. The van der Waals surface area contributed by atoms with Crippen LogP contribution in [-0.4, -0.2) is 37.6 Å². The number of halogens is 1. The van der Waals surface area contributed by atoms with Gasteiger partial charge in [-0.2, -0.15) is 0 Å². The maximum Gasteiger partial charge on any atom is 0.194 e. The van der Waals surface area contributed by atoms with Crippen LogP contribution >= 0.6 is 11.6 Å². The SMILES string of the molecule is Clc1ccc(C#CCN2CCNCC2)o1. The first-order valence-electron chi connectivity index (χ1n) is 5.02. The summed E-state index contributed by atoms with van der Waals surface area (Å²) < 4.78 is 5.13. The topological polar surface area (TPSA) is 28.4 Å². The lowest BCUT2D eigenvalue weighted by Gasteiger charge is -2.24. The van der Waals surface area contributed by atoms with Gasteiger partial charge in [-0.3, -0.25) is 4.90 Å². The molecule has 2 heterocycles. The smallest absolute Gasteiger partial charge is 0.194 e. The molecule has 4 heteroatoms. The van der Waals surface area contributed by atoms with Crippen molar-refractivity contribution in [1.29, 1.82) is 0 Å². The molecular formula is C11H13ClN2O. The molecule has 0 bridgehead atoms. The number of nitrogens with zero attached hydrogens (tertiary/aromatic N) is 1. The molecule has 0 saturated carbocycles. The first kappa shape index (κ1) is 10.6. The van der Waals surface area contributed by atoms with Crippen molar-refractivity contribution in [1.82, 2.24) is 10.2 Å². The van der Waals surface area contributed by atoms with Gasteiger partial charge in [-0.15, -0.1) is 0 Å². The summed E-state index contributed by atoms with van der Waals surface area (Å²) in [5, 5.41) is 3.69. The average Bonchev–Trinajstić information content (AvgIpc) is 2.66. The Morgan fingerprint density at radius 1 is 1.40 bits per heavy atom. The van der Waals surface area contributed by atoms with Gasteiger partial charge in [0, 0.05) is 26.2 Å². The highest BCUT2D eigenvalue weighted by atomic mass is 35.5. The number of hydrogen-bond acceptors (Lipinski definition) is 3. The van der Waals surface area contributed by atoms with Crippen LogP contribution in [0.1, 0.15) is 5.76 Å². The zero-order chi connectivity index (χ0) is 10.5. The van der Waals surface area contributed by atoms with E-state index < -0.39 is 0 Å². The Hall–Kier alpha value is -0.950. The van der Waals surface area contributed by atoms with Gasteiger partial charge < -0.3 is 9.73 Å². The van der Waals surface area contributed by atoms with Crippen LogP contribution in [0.2, 0.25) is 5.22 Å². The number of nitrogens with one attached hydrogen (secondary N) is 1. The molecule has 1 aromatic heterocycles. The van der Waals surface area contributed by atoms with E-state index in [4.69, 9.17) is 16.0 Å². The van der Waals surface area contributed by atoms with Gasteiger partial charge in [0.05, 0.1) is 6.54 Å². The van der Waals surface area contributed by atoms with E-state index in [-0.39, 0.29) is 0 Å². The van der Waals surface area contributed by atoms with Gasteiger partial charge in [-0.1, -0.05) is 5.92 Å². The van der Waals surface area contributed by atoms with Gasteiger partial charge in [0.2, 0.25) is 0 Å². The molecule has 1 aromatic rings. The first-order chi connectivity index (χ1) is 7.34. The predicted octanol–water partition coefficient (Wildman–Crippen LogP) is 1.19. The lowest BCUT2D eigenvalue weighted by atomic mass is 10.3. The fourth-order valence-corrected chi connectivity index (χ4v) is 1.64. The number of hydrogen-bond donors (Lipinski definition) is 1. The van der Waals surface area contributed by atoms with E-state index in [1.807, 2.05) is 0 Å². The second-order valence-corrected chi connectivity index (χ2v) is 3.80. The van der Waals surface area contributed by atoms with Gasteiger partial charge in [0.1, 0.15) is 0 Å². The number of rotatable bonds is 1. The molecule has 80 valence electrons. The Balaban J connectivity index is 1.84. The summed E-state index contributed by atoms with van der Waals surface area (Å²) >= 11 is 5.63. The van der Waals surface area contributed by atoms with Crippen LogP contribution in [0.25, 0.3) is 0 Å². The van der Waals surface area contributed by atoms with Crippen LogP contribution in [0.5, 0.6) is 0 Å². The van der Waals surface area contributed by atoms with Gasteiger partial charge in [0.25, 0.3) is 0 Å². The molecular weight excluding hydrogens is 212 g/mol. The summed E-state index contributed by atoms with van der Waals surface area (Å²) in [7, 11) is 0. The molecule has 0 atom stereocenters. The van der Waals surface area contributed by atoms with Crippen LogP contribution in [0, 0.1) is 11.8 Å². The number of furan rings is 1. The molecule has 1 saturated heterocycles. The summed E-state index contributed by atoms with van der Waals surface area (Å²) in [6.07, 6.45) is 0. The molecule has 2 rings (SSSR count). The Kier molecular flexibility index (Phi) is 3.68. The molecule has 0 unspecified atom stereocenters. The second-order valence-electron chi connectivity index (χ2n) is 3.43. The van der Waals surface area contributed by atoms with Gasteiger partial charge in [-0.05, 0) is 29.7 Å². The van der Waals surface area contributed by atoms with Crippen molar-refractivity contribution in [3.8, 4) is 11.8 Å². The van der Waals surface area contributed by atoms with Crippen molar-refractivity contribution in [2.75, 3.05) is 32.7 Å². The first-order valence-corrected chi connectivity index (χ1v) is 5.40. The summed E-state index contributed by atoms with van der Waals surface area (Å²) in [5.41, 5.74) is 0. The lowest BCUT2D eigenvalue weighted by Crippen LogP contribution is -2.43. The normalized spacial score (nSPS) is 17.1. The molecule has 1 fully saturated rings. The molecule has 15 heavy (non-hydrogen) atoms. The molecule has 0 aliphatic carbocycles. The summed E-state index contributed by atoms with van der Waals surface area (Å²) in [6.45, 7) is 5.02. The molecule has 3 nitrogen and oxygen atoms in total. The zero-order valence-corrected chi connectivity index (χ0v) is 9.18. The van der Waals surface area contributed by atoms with Crippen LogP contribution in [0.15, 0.2) is 16.5 Å². The highest BCUT2D eigenvalue weighted by molar-refractivity contribution is 6.28. The molecule has 0 radical (unpaired) electrons. The van der Waals surface area contributed by atoms with Crippen molar-refractivity contribution in [3.05, 3.63) is 23.1 Å². The van der Waals surface area contributed by atoms with Gasteiger partial charge in [0.15, 0.2) is 11.0 Å². The fourth-order valence-electron chi connectivity index (χ4n) is 1.49. The largest absolute Gasteiger partial charge is 0.436 e. The minimum atomic E-state index is 0.390. The summed E-state index contributed by atoms with van der Waals surface area (Å²) in [5.74, 6) is 6.66. The molecule has 0 spiro atoms. The second kappa shape index (κ2) is 5.22. The lowest BCUT2D eigenvalue weighted by molar-refractivity contribution is 0.268. The Morgan fingerprint density at radius 2 is 2.20 bits per heavy atom. The predicted molar refractivity (Wildman–Crippen MR) is 59.9 cm³/mol. The molecule has 1 aliphatic heterocycles. The highest BCUT2D eigenvalue weighted by Crippen LogP contribution is 2.11. The standard InChI is InChI=1S/C11H13ClN2O/c12-11-4-3-10(15-11)2-1-7-14-8-5-13-6-9-14/h3-4,13H,5-9H2. The van der Waals surface area contributed by atoms with Crippen LogP contribution in [-0.2, 0) is 0 Å². The highest BCUT2D eigenvalue weighted by Gasteiger charge is 2.06. The molecule has 1 aliphatic rings. The van der Waals surface area contributed by atoms with Crippen LogP contribution < -0.4 is 5.32 Å². The van der Waals surface area contributed by atoms with Gasteiger partial charge >= 0.3 is 0 Å². The van der Waals surface area contributed by atoms with E-state index in [0.717, 1.165) is 32.7 Å². The summed E-state index contributed by atoms with van der Waals surface area (Å²) in [6, 6.07) is 3.49. The van der Waals surface area contributed by atoms with Crippen molar-refractivity contribution in [2.45, 2.75) is 0 Å². The average molecular weight is 225 g/mol. The van der Waals surface area contributed by atoms with E-state index >= 15 is 0 Å². The van der Waals surface area contributed by atoms with Crippen LogP contribution in [0.4, 0.5) is 0 Å². The Morgan fingerprint density at radius 3 is 2.87 bits per heavy atom. The van der Waals surface area contributed by atoms with E-state index in [1.54, 1.807) is 12.1 Å². The third kappa shape index (κ3) is 3.28.